The summed E-state index contributed by atoms with van der Waals surface area (Å²) in [5.41, 5.74) is 1.28. The zero-order chi connectivity index (χ0) is 19.8. The highest BCUT2D eigenvalue weighted by Gasteiger charge is 2.26. The molecule has 1 aliphatic heterocycles. The maximum Gasteiger partial charge on any atom is 0.275 e. The van der Waals surface area contributed by atoms with Crippen LogP contribution in [0.15, 0.2) is 53.6 Å². The van der Waals surface area contributed by atoms with Gasteiger partial charge in [-0.25, -0.2) is 18.2 Å². The van der Waals surface area contributed by atoms with Gasteiger partial charge in [0, 0.05) is 37.1 Å². The first kappa shape index (κ1) is 18.0. The Kier molecular flexibility index (Phi) is 4.46. The Morgan fingerprint density at radius 2 is 1.75 bits per heavy atom. The molecule has 0 bridgehead atoms. The Labute approximate surface area is 157 Å². The topological polar surface area (TPSA) is 55.2 Å². The molecule has 1 aromatic carbocycles. The molecule has 5 nitrogen and oxygen atoms in total. The predicted octanol–water partition coefficient (Wildman–Crippen LogP) is 2.85. The van der Waals surface area contributed by atoms with E-state index in [0.29, 0.717) is 23.7 Å². The molecule has 2 aromatic heterocycles. The summed E-state index contributed by atoms with van der Waals surface area (Å²) in [6.45, 7) is 0.429. The van der Waals surface area contributed by atoms with Gasteiger partial charge in [0.15, 0.2) is 11.5 Å². The quantitative estimate of drug-likeness (QED) is 0.682. The van der Waals surface area contributed by atoms with E-state index in [1.807, 2.05) is 0 Å². The van der Waals surface area contributed by atoms with Crippen LogP contribution in [0.4, 0.5) is 13.2 Å². The smallest absolute Gasteiger partial charge is 0.275 e. The van der Waals surface area contributed by atoms with Crippen LogP contribution in [0.1, 0.15) is 21.6 Å². The third kappa shape index (κ3) is 3.28. The Morgan fingerprint density at radius 1 is 1.00 bits per heavy atom. The summed E-state index contributed by atoms with van der Waals surface area (Å²) in [5, 5.41) is 0. The average molecular weight is 385 g/mol. The van der Waals surface area contributed by atoms with Crippen LogP contribution in [-0.2, 0) is 13.0 Å². The summed E-state index contributed by atoms with van der Waals surface area (Å²) in [7, 11) is 0. The van der Waals surface area contributed by atoms with Crippen molar-refractivity contribution in [2.24, 2.45) is 0 Å². The van der Waals surface area contributed by atoms with Crippen LogP contribution < -0.4 is 5.56 Å². The molecule has 0 fully saturated rings. The third-order valence-corrected chi connectivity index (χ3v) is 4.65. The Hall–Kier alpha value is -3.42. The predicted molar refractivity (Wildman–Crippen MR) is 94.6 cm³/mol. The first-order valence-corrected chi connectivity index (χ1v) is 8.53. The van der Waals surface area contributed by atoms with Gasteiger partial charge in [0.2, 0.25) is 0 Å². The standard InChI is InChI=1S/C20H14F3N3O2/c21-14-1-3-16(4-2-14)26-11-13-10-25(6-5-12(13)7-18(26)27)20(28)19-17(23)8-15(22)9-24-19/h1-4,7-9,11H,5-6,10H2. The maximum absolute atomic E-state index is 13.9. The molecule has 0 N–H and O–H groups in total. The number of hydrogen-bond acceptors (Lipinski definition) is 3. The van der Waals surface area contributed by atoms with Gasteiger partial charge in [0.25, 0.3) is 11.5 Å². The van der Waals surface area contributed by atoms with Gasteiger partial charge >= 0.3 is 0 Å². The summed E-state index contributed by atoms with van der Waals surface area (Å²) in [6, 6.07) is 7.56. The van der Waals surface area contributed by atoms with Crippen molar-refractivity contribution >= 4 is 5.91 Å². The zero-order valence-electron chi connectivity index (χ0n) is 14.5. The molecule has 0 atom stereocenters. The number of halogens is 3. The van der Waals surface area contributed by atoms with Gasteiger partial charge in [-0.15, -0.1) is 0 Å². The fraction of sp³-hybridized carbons (Fsp3) is 0.150. The summed E-state index contributed by atoms with van der Waals surface area (Å²) in [5.74, 6) is -2.95. The lowest BCUT2D eigenvalue weighted by Gasteiger charge is -2.29. The van der Waals surface area contributed by atoms with Gasteiger partial charge in [-0.3, -0.25) is 14.2 Å². The van der Waals surface area contributed by atoms with Crippen molar-refractivity contribution in [3.8, 4) is 5.69 Å². The van der Waals surface area contributed by atoms with Crippen LogP contribution in [0.2, 0.25) is 0 Å². The molecule has 3 heterocycles. The molecule has 28 heavy (non-hydrogen) atoms. The molecule has 8 heteroatoms. The number of aromatic nitrogens is 2. The first-order valence-electron chi connectivity index (χ1n) is 8.53. The number of benzene rings is 1. The van der Waals surface area contributed by atoms with Gasteiger partial charge in [-0.2, -0.15) is 0 Å². The van der Waals surface area contributed by atoms with Gasteiger partial charge in [-0.1, -0.05) is 0 Å². The highest BCUT2D eigenvalue weighted by Crippen LogP contribution is 2.21. The van der Waals surface area contributed by atoms with Crippen LogP contribution in [0.5, 0.6) is 0 Å². The second-order valence-corrected chi connectivity index (χ2v) is 6.47. The monoisotopic (exact) mass is 385 g/mol. The number of rotatable bonds is 2. The van der Waals surface area contributed by atoms with E-state index >= 15 is 0 Å². The molecule has 0 saturated heterocycles. The summed E-state index contributed by atoms with van der Waals surface area (Å²) < 4.78 is 41.4. The van der Waals surface area contributed by atoms with Crippen molar-refractivity contribution in [1.29, 1.82) is 0 Å². The van der Waals surface area contributed by atoms with Gasteiger partial charge in [-0.05, 0) is 41.8 Å². The molecule has 3 aromatic rings. The summed E-state index contributed by atoms with van der Waals surface area (Å²) >= 11 is 0. The Morgan fingerprint density at radius 3 is 2.46 bits per heavy atom. The molecule has 0 saturated carbocycles. The number of carbonyl (C=O) groups is 1. The number of carbonyl (C=O) groups excluding carboxylic acids is 1. The lowest BCUT2D eigenvalue weighted by molar-refractivity contribution is 0.0723. The van der Waals surface area contributed by atoms with Crippen molar-refractivity contribution in [1.82, 2.24) is 14.5 Å². The number of pyridine rings is 2. The van der Waals surface area contributed by atoms with Crippen molar-refractivity contribution in [2.75, 3.05) is 6.54 Å². The van der Waals surface area contributed by atoms with Gasteiger partial charge in [0.1, 0.15) is 11.6 Å². The number of fused-ring (bicyclic) bond motifs is 1. The van der Waals surface area contributed by atoms with E-state index in [1.165, 1.54) is 39.8 Å². The molecule has 4 rings (SSSR count). The molecule has 0 radical (unpaired) electrons. The third-order valence-electron chi connectivity index (χ3n) is 4.65. The minimum atomic E-state index is -1.02. The van der Waals surface area contributed by atoms with E-state index in [4.69, 9.17) is 0 Å². The Balaban J connectivity index is 1.66. The minimum Gasteiger partial charge on any atom is -0.332 e. The summed E-state index contributed by atoms with van der Waals surface area (Å²) in [6.07, 6.45) is 2.81. The van der Waals surface area contributed by atoms with Crippen LogP contribution in [0.25, 0.3) is 5.69 Å². The average Bonchev–Trinajstić information content (AvgIpc) is 2.67. The Bertz CT molecular complexity index is 1130. The minimum absolute atomic E-state index is 0.147. The van der Waals surface area contributed by atoms with E-state index in [2.05, 4.69) is 4.98 Å². The van der Waals surface area contributed by atoms with Crippen LogP contribution in [0, 0.1) is 17.5 Å². The molecular weight excluding hydrogens is 371 g/mol. The number of amides is 1. The molecule has 0 aliphatic carbocycles. The normalized spacial score (nSPS) is 13.3. The largest absolute Gasteiger partial charge is 0.332 e. The fourth-order valence-corrected chi connectivity index (χ4v) is 3.23. The number of nitrogens with zero attached hydrogens (tertiary/aromatic N) is 3. The highest BCUT2D eigenvalue weighted by molar-refractivity contribution is 5.92. The van der Waals surface area contributed by atoms with E-state index in [1.54, 1.807) is 6.20 Å². The van der Waals surface area contributed by atoms with Crippen LogP contribution >= 0.6 is 0 Å². The lowest BCUT2D eigenvalue weighted by Crippen LogP contribution is -2.38. The van der Waals surface area contributed by atoms with Crippen molar-refractivity contribution in [3.63, 3.8) is 0 Å². The molecule has 0 spiro atoms. The number of hydrogen-bond donors (Lipinski definition) is 0. The van der Waals surface area contributed by atoms with Crippen molar-refractivity contribution in [2.45, 2.75) is 13.0 Å². The van der Waals surface area contributed by atoms with Gasteiger partial charge in [0.05, 0.1) is 6.20 Å². The molecule has 142 valence electrons. The summed E-state index contributed by atoms with van der Waals surface area (Å²) in [4.78, 5) is 29.9. The maximum atomic E-state index is 13.9. The van der Waals surface area contributed by atoms with E-state index < -0.39 is 29.1 Å². The highest BCUT2D eigenvalue weighted by atomic mass is 19.1. The molecule has 1 aliphatic rings. The van der Waals surface area contributed by atoms with Crippen LogP contribution in [0.3, 0.4) is 0 Å². The SMILES string of the molecule is O=C(c1ncc(F)cc1F)N1CCc2cc(=O)n(-c3ccc(F)cc3)cc2C1. The second kappa shape index (κ2) is 6.95. The van der Waals surface area contributed by atoms with E-state index in [0.717, 1.165) is 11.8 Å². The lowest BCUT2D eigenvalue weighted by atomic mass is 10.0. The molecule has 1 amide bonds. The van der Waals surface area contributed by atoms with Crippen LogP contribution in [-0.4, -0.2) is 26.9 Å². The van der Waals surface area contributed by atoms with E-state index in [-0.39, 0.29) is 18.6 Å². The second-order valence-electron chi connectivity index (χ2n) is 6.47. The first-order chi connectivity index (χ1) is 13.4. The van der Waals surface area contributed by atoms with Gasteiger partial charge < -0.3 is 4.90 Å². The zero-order valence-corrected chi connectivity index (χ0v) is 14.5. The molecular formula is C20H14F3N3O2. The van der Waals surface area contributed by atoms with E-state index in [9.17, 15) is 22.8 Å². The fourth-order valence-electron chi connectivity index (χ4n) is 3.23. The van der Waals surface area contributed by atoms with Crippen molar-refractivity contribution in [3.05, 3.63) is 93.4 Å². The van der Waals surface area contributed by atoms with Crippen molar-refractivity contribution < 1.29 is 18.0 Å². The molecule has 0 unspecified atom stereocenters.